The Morgan fingerprint density at radius 2 is 2.00 bits per heavy atom. The summed E-state index contributed by atoms with van der Waals surface area (Å²) in [5.41, 5.74) is 2.80. The molecule has 0 aromatic heterocycles. The van der Waals surface area contributed by atoms with Gasteiger partial charge in [-0.05, 0) is 36.2 Å². The lowest BCUT2D eigenvalue weighted by atomic mass is 10.1. The van der Waals surface area contributed by atoms with E-state index in [2.05, 4.69) is 18.3 Å². The molecule has 0 amide bonds. The number of benzene rings is 2. The van der Waals surface area contributed by atoms with Gasteiger partial charge in [-0.25, -0.2) is 0 Å². The summed E-state index contributed by atoms with van der Waals surface area (Å²) in [5.74, 6) is 1.21. The number of allylic oxidation sites excluding steroid dienone is 1. The first-order valence-electron chi connectivity index (χ1n) is 7.23. The van der Waals surface area contributed by atoms with E-state index in [1.54, 1.807) is 24.4 Å². The van der Waals surface area contributed by atoms with E-state index in [0.29, 0.717) is 17.1 Å². The number of carbonyl (C=O) groups excluding carboxylic acids is 1. The lowest BCUT2D eigenvalue weighted by Gasteiger charge is -2.06. The molecule has 4 heteroatoms. The zero-order chi connectivity index (χ0) is 15.4. The summed E-state index contributed by atoms with van der Waals surface area (Å²) < 4.78 is 10.5. The number of fused-ring (bicyclic) bond motifs is 1. The fraction of sp³-hybridized carbons (Fsp3) is 0.167. The van der Waals surface area contributed by atoms with Crippen LogP contribution in [0.25, 0.3) is 0 Å². The summed E-state index contributed by atoms with van der Waals surface area (Å²) in [6, 6.07) is 13.2. The minimum atomic E-state index is -0.0835. The van der Waals surface area contributed by atoms with Gasteiger partial charge in [-0.3, -0.25) is 4.79 Å². The number of para-hydroxylation sites is 1. The summed E-state index contributed by atoms with van der Waals surface area (Å²) in [6.45, 7) is 2.31. The van der Waals surface area contributed by atoms with E-state index in [4.69, 9.17) is 9.47 Å². The van der Waals surface area contributed by atoms with Crippen LogP contribution in [-0.4, -0.2) is 12.6 Å². The second-order valence-corrected chi connectivity index (χ2v) is 4.92. The number of ketones is 1. The molecule has 22 heavy (non-hydrogen) atoms. The first-order chi connectivity index (χ1) is 10.8. The van der Waals surface area contributed by atoms with Crippen LogP contribution >= 0.6 is 0 Å². The molecule has 1 N–H and O–H groups in total. The van der Waals surface area contributed by atoms with Crippen molar-refractivity contribution in [2.45, 2.75) is 13.3 Å². The lowest BCUT2D eigenvalue weighted by molar-refractivity contribution is 0.104. The molecule has 1 aliphatic heterocycles. The fourth-order valence-corrected chi connectivity index (χ4v) is 2.32. The van der Waals surface area contributed by atoms with Gasteiger partial charge in [0.25, 0.3) is 0 Å². The van der Waals surface area contributed by atoms with Gasteiger partial charge >= 0.3 is 0 Å². The zero-order valence-corrected chi connectivity index (χ0v) is 12.3. The normalized spacial score (nSPS) is 12.6. The number of rotatable bonds is 5. The minimum Gasteiger partial charge on any atom is -0.454 e. The van der Waals surface area contributed by atoms with Gasteiger partial charge < -0.3 is 14.8 Å². The third kappa shape index (κ3) is 2.96. The van der Waals surface area contributed by atoms with Crippen molar-refractivity contribution in [1.29, 1.82) is 0 Å². The Bertz CT molecular complexity index is 722. The van der Waals surface area contributed by atoms with E-state index in [1.165, 1.54) is 11.6 Å². The molecule has 0 bridgehead atoms. The third-order valence-corrected chi connectivity index (χ3v) is 3.53. The third-order valence-electron chi connectivity index (χ3n) is 3.53. The molecule has 3 rings (SSSR count). The largest absolute Gasteiger partial charge is 0.454 e. The highest BCUT2D eigenvalue weighted by Gasteiger charge is 2.14. The van der Waals surface area contributed by atoms with Crippen LogP contribution in [0.2, 0.25) is 0 Å². The second-order valence-electron chi connectivity index (χ2n) is 4.92. The van der Waals surface area contributed by atoms with E-state index < -0.39 is 0 Å². The van der Waals surface area contributed by atoms with Crippen molar-refractivity contribution in [3.05, 3.63) is 65.9 Å². The molecule has 2 aromatic carbocycles. The highest BCUT2D eigenvalue weighted by molar-refractivity contribution is 6.05. The van der Waals surface area contributed by atoms with Crippen LogP contribution < -0.4 is 14.8 Å². The van der Waals surface area contributed by atoms with Crippen molar-refractivity contribution < 1.29 is 14.3 Å². The molecule has 0 fully saturated rings. The molecular formula is C18H17NO3. The van der Waals surface area contributed by atoms with E-state index in [1.807, 2.05) is 18.2 Å². The Balaban J connectivity index is 1.69. The van der Waals surface area contributed by atoms with Gasteiger partial charge in [-0.15, -0.1) is 0 Å². The molecular weight excluding hydrogens is 278 g/mol. The van der Waals surface area contributed by atoms with Crippen LogP contribution in [0.5, 0.6) is 11.5 Å². The van der Waals surface area contributed by atoms with Gasteiger partial charge in [0.2, 0.25) is 6.79 Å². The molecule has 112 valence electrons. The maximum atomic E-state index is 12.2. The van der Waals surface area contributed by atoms with E-state index >= 15 is 0 Å². The summed E-state index contributed by atoms with van der Waals surface area (Å²) >= 11 is 0. The van der Waals surface area contributed by atoms with Crippen LogP contribution in [0.3, 0.4) is 0 Å². The average molecular weight is 295 g/mol. The Morgan fingerprint density at radius 3 is 2.86 bits per heavy atom. The molecule has 0 spiro atoms. The predicted octanol–water partition coefficient (Wildman–Crippen LogP) is 3.79. The van der Waals surface area contributed by atoms with Crippen LogP contribution in [0, 0.1) is 0 Å². The van der Waals surface area contributed by atoms with Crippen molar-refractivity contribution in [2.75, 3.05) is 12.1 Å². The molecule has 1 aliphatic rings. The van der Waals surface area contributed by atoms with Crippen LogP contribution in [0.15, 0.2) is 54.7 Å². The highest BCUT2D eigenvalue weighted by atomic mass is 16.7. The van der Waals surface area contributed by atoms with E-state index in [-0.39, 0.29) is 12.6 Å². The quantitative estimate of drug-likeness (QED) is 0.673. The van der Waals surface area contributed by atoms with Gasteiger partial charge in [0, 0.05) is 23.5 Å². The zero-order valence-electron chi connectivity index (χ0n) is 12.3. The van der Waals surface area contributed by atoms with Gasteiger partial charge in [0.05, 0.1) is 0 Å². The Labute approximate surface area is 129 Å². The average Bonchev–Trinajstić information content (AvgIpc) is 3.02. The minimum absolute atomic E-state index is 0.0835. The number of ether oxygens (including phenoxy) is 2. The van der Waals surface area contributed by atoms with Crippen molar-refractivity contribution >= 4 is 11.5 Å². The maximum Gasteiger partial charge on any atom is 0.231 e. The Morgan fingerprint density at radius 1 is 1.18 bits per heavy atom. The molecule has 2 aromatic rings. The summed E-state index contributed by atoms with van der Waals surface area (Å²) in [6.07, 6.45) is 4.12. The summed E-state index contributed by atoms with van der Waals surface area (Å²) in [5, 5.41) is 3.16. The number of anilines is 1. The number of hydrogen-bond donors (Lipinski definition) is 1. The van der Waals surface area contributed by atoms with E-state index in [0.717, 1.165) is 12.1 Å². The maximum absolute atomic E-state index is 12.2. The standard InChI is InChI=1S/C18H17NO3/c1-2-13-5-3-4-6-15(13)19-10-9-16(20)14-7-8-17-18(11-14)22-12-21-17/h3-11,19H,2,12H2,1H3/b10-9+. The molecule has 0 atom stereocenters. The monoisotopic (exact) mass is 295 g/mol. The molecule has 0 saturated carbocycles. The van der Waals surface area contributed by atoms with Crippen molar-refractivity contribution in [3.63, 3.8) is 0 Å². The van der Waals surface area contributed by atoms with Crippen molar-refractivity contribution in [3.8, 4) is 11.5 Å². The summed E-state index contributed by atoms with van der Waals surface area (Å²) in [4.78, 5) is 12.2. The molecule has 4 nitrogen and oxygen atoms in total. The topological polar surface area (TPSA) is 47.6 Å². The van der Waals surface area contributed by atoms with E-state index in [9.17, 15) is 4.79 Å². The molecule has 0 aliphatic carbocycles. The number of hydrogen-bond acceptors (Lipinski definition) is 4. The van der Waals surface area contributed by atoms with Crippen LogP contribution in [0.1, 0.15) is 22.8 Å². The van der Waals surface area contributed by atoms with Crippen molar-refractivity contribution in [1.82, 2.24) is 0 Å². The first-order valence-corrected chi connectivity index (χ1v) is 7.23. The van der Waals surface area contributed by atoms with Gasteiger partial charge in [0.15, 0.2) is 17.3 Å². The summed E-state index contributed by atoms with van der Waals surface area (Å²) in [7, 11) is 0. The molecule has 0 saturated heterocycles. The number of carbonyl (C=O) groups is 1. The van der Waals surface area contributed by atoms with Gasteiger partial charge in [-0.2, -0.15) is 0 Å². The highest BCUT2D eigenvalue weighted by Crippen LogP contribution is 2.32. The SMILES string of the molecule is CCc1ccccc1N/C=C/C(=O)c1ccc2c(c1)OCO2. The van der Waals surface area contributed by atoms with Gasteiger partial charge in [0.1, 0.15) is 0 Å². The van der Waals surface area contributed by atoms with Gasteiger partial charge in [-0.1, -0.05) is 25.1 Å². The lowest BCUT2D eigenvalue weighted by Crippen LogP contribution is -1.98. The van der Waals surface area contributed by atoms with Crippen LogP contribution in [0.4, 0.5) is 5.69 Å². The number of aryl methyl sites for hydroxylation is 1. The predicted molar refractivity (Wildman–Crippen MR) is 85.5 cm³/mol. The molecule has 0 radical (unpaired) electrons. The Hall–Kier alpha value is -2.75. The number of nitrogens with one attached hydrogen (secondary N) is 1. The molecule has 0 unspecified atom stereocenters. The fourth-order valence-electron chi connectivity index (χ4n) is 2.32. The Kier molecular flexibility index (Phi) is 4.10. The second kappa shape index (κ2) is 6.35. The smallest absolute Gasteiger partial charge is 0.231 e. The van der Waals surface area contributed by atoms with Crippen LogP contribution in [-0.2, 0) is 6.42 Å². The van der Waals surface area contributed by atoms with Crippen molar-refractivity contribution in [2.24, 2.45) is 0 Å². The molecule has 1 heterocycles. The first kappa shape index (κ1) is 14.2.